The molecular formula is C17H22N2O. The molecule has 1 N–H and O–H groups in total. The number of nitrogens with zero attached hydrogens (tertiary/aromatic N) is 2. The lowest BCUT2D eigenvalue weighted by Gasteiger charge is -1.97. The Bertz CT molecular complexity index is 502. The van der Waals surface area contributed by atoms with Crippen LogP contribution in [0.2, 0.25) is 0 Å². The first-order valence-electron chi connectivity index (χ1n) is 6.71. The second-order valence-electron chi connectivity index (χ2n) is 4.84. The number of aliphatic hydroxyl groups excluding tert-OH is 1. The van der Waals surface area contributed by atoms with Crippen molar-refractivity contribution < 1.29 is 5.11 Å². The first-order valence-corrected chi connectivity index (χ1v) is 6.71. The van der Waals surface area contributed by atoms with Crippen molar-refractivity contribution in [2.75, 3.05) is 0 Å². The van der Waals surface area contributed by atoms with Gasteiger partial charge in [0.1, 0.15) is 0 Å². The van der Waals surface area contributed by atoms with Crippen LogP contribution in [0.3, 0.4) is 0 Å². The molecule has 0 unspecified atom stereocenters. The van der Waals surface area contributed by atoms with Crippen LogP contribution in [0.5, 0.6) is 0 Å². The number of aliphatic hydroxyl groups is 1. The third-order valence-corrected chi connectivity index (χ3v) is 2.32. The third kappa shape index (κ3) is 7.44. The summed E-state index contributed by atoms with van der Waals surface area (Å²) in [6.07, 6.45) is 5.25. The van der Waals surface area contributed by atoms with Crippen LogP contribution < -0.4 is 0 Å². The minimum Gasteiger partial charge on any atom is -0.394 e. The van der Waals surface area contributed by atoms with E-state index in [1.54, 1.807) is 26.2 Å². The standard InChI is InChI=1S/C14H14N2.C3H8O/c1-12-4-6-13(7-5-12)9-16-11-14-3-2-8-15-10-14;1-3(2)4/h2-8,10-11H,9H2,1H3;3-4H,1-2H3. The number of aryl methyl sites for hydroxylation is 1. The molecule has 2 aromatic rings. The van der Waals surface area contributed by atoms with Gasteiger partial charge in [-0.2, -0.15) is 0 Å². The van der Waals surface area contributed by atoms with Crippen molar-refractivity contribution in [2.24, 2.45) is 4.99 Å². The molecule has 0 saturated carbocycles. The van der Waals surface area contributed by atoms with Crippen LogP contribution in [0.4, 0.5) is 0 Å². The Morgan fingerprint density at radius 3 is 2.40 bits per heavy atom. The van der Waals surface area contributed by atoms with Crippen molar-refractivity contribution in [1.82, 2.24) is 4.98 Å². The molecule has 2 rings (SSSR count). The van der Waals surface area contributed by atoms with Gasteiger partial charge in [0.15, 0.2) is 0 Å². The Morgan fingerprint density at radius 2 is 1.85 bits per heavy atom. The number of aromatic nitrogens is 1. The fourth-order valence-corrected chi connectivity index (χ4v) is 1.40. The van der Waals surface area contributed by atoms with Gasteiger partial charge >= 0.3 is 0 Å². The highest BCUT2D eigenvalue weighted by atomic mass is 16.3. The van der Waals surface area contributed by atoms with E-state index in [1.807, 2.05) is 18.3 Å². The van der Waals surface area contributed by atoms with Crippen molar-refractivity contribution in [3.05, 3.63) is 65.5 Å². The molecule has 1 aromatic heterocycles. The van der Waals surface area contributed by atoms with Gasteiger partial charge in [0.25, 0.3) is 0 Å². The van der Waals surface area contributed by atoms with E-state index >= 15 is 0 Å². The lowest BCUT2D eigenvalue weighted by molar-refractivity contribution is 0.216. The second kappa shape index (κ2) is 8.99. The molecule has 0 spiro atoms. The molecule has 0 bridgehead atoms. The number of aliphatic imine (C=N–C) groups is 1. The zero-order valence-electron chi connectivity index (χ0n) is 12.3. The largest absolute Gasteiger partial charge is 0.394 e. The van der Waals surface area contributed by atoms with Crippen LogP contribution in [0.15, 0.2) is 53.8 Å². The van der Waals surface area contributed by atoms with Gasteiger partial charge in [0.05, 0.1) is 6.54 Å². The Hall–Kier alpha value is -2.00. The zero-order chi connectivity index (χ0) is 14.8. The highest BCUT2D eigenvalue weighted by Crippen LogP contribution is 2.04. The highest BCUT2D eigenvalue weighted by molar-refractivity contribution is 5.78. The molecule has 0 fully saturated rings. The highest BCUT2D eigenvalue weighted by Gasteiger charge is 1.89. The molecule has 3 nitrogen and oxygen atoms in total. The molecule has 0 aliphatic carbocycles. The van der Waals surface area contributed by atoms with Gasteiger partial charge in [0, 0.05) is 30.3 Å². The molecular weight excluding hydrogens is 248 g/mol. The Kier molecular flexibility index (Phi) is 7.22. The van der Waals surface area contributed by atoms with Gasteiger partial charge in [0.2, 0.25) is 0 Å². The van der Waals surface area contributed by atoms with Crippen molar-refractivity contribution >= 4 is 6.21 Å². The molecule has 20 heavy (non-hydrogen) atoms. The predicted molar refractivity (Wildman–Crippen MR) is 84.1 cm³/mol. The Morgan fingerprint density at radius 1 is 1.20 bits per heavy atom. The van der Waals surface area contributed by atoms with E-state index in [-0.39, 0.29) is 6.10 Å². The van der Waals surface area contributed by atoms with Crippen LogP contribution in [-0.2, 0) is 6.54 Å². The van der Waals surface area contributed by atoms with E-state index < -0.39 is 0 Å². The van der Waals surface area contributed by atoms with Crippen molar-refractivity contribution in [3.8, 4) is 0 Å². The molecule has 0 aliphatic heterocycles. The lowest BCUT2D eigenvalue weighted by Crippen LogP contribution is -1.85. The summed E-state index contributed by atoms with van der Waals surface area (Å²) < 4.78 is 0. The summed E-state index contributed by atoms with van der Waals surface area (Å²) in [6, 6.07) is 12.3. The maximum Gasteiger partial charge on any atom is 0.0639 e. The third-order valence-electron chi connectivity index (χ3n) is 2.32. The Labute approximate surface area is 121 Å². The molecule has 0 atom stereocenters. The maximum absolute atomic E-state index is 8.06. The van der Waals surface area contributed by atoms with Crippen LogP contribution in [-0.4, -0.2) is 22.4 Å². The normalized spacial score (nSPS) is 10.4. The average molecular weight is 270 g/mol. The van der Waals surface area contributed by atoms with Gasteiger partial charge in [-0.3, -0.25) is 9.98 Å². The van der Waals surface area contributed by atoms with Gasteiger partial charge < -0.3 is 5.11 Å². The number of benzene rings is 1. The second-order valence-corrected chi connectivity index (χ2v) is 4.84. The molecule has 0 aliphatic rings. The van der Waals surface area contributed by atoms with Gasteiger partial charge in [-0.05, 0) is 32.4 Å². The average Bonchev–Trinajstić information content (AvgIpc) is 2.42. The van der Waals surface area contributed by atoms with Crippen molar-refractivity contribution in [2.45, 2.75) is 33.4 Å². The quantitative estimate of drug-likeness (QED) is 0.869. The van der Waals surface area contributed by atoms with E-state index in [0.29, 0.717) is 0 Å². The molecule has 1 heterocycles. The molecule has 1 aromatic carbocycles. The summed E-state index contributed by atoms with van der Waals surface area (Å²) in [4.78, 5) is 8.41. The Balaban J connectivity index is 0.000000444. The first kappa shape index (κ1) is 16.1. The van der Waals surface area contributed by atoms with E-state index in [2.05, 4.69) is 41.2 Å². The van der Waals surface area contributed by atoms with Crippen molar-refractivity contribution in [3.63, 3.8) is 0 Å². The number of rotatable bonds is 3. The van der Waals surface area contributed by atoms with Crippen LogP contribution in [0.1, 0.15) is 30.5 Å². The topological polar surface area (TPSA) is 45.5 Å². The number of hydrogen-bond acceptors (Lipinski definition) is 3. The first-order chi connectivity index (χ1) is 9.58. The van der Waals surface area contributed by atoms with E-state index in [4.69, 9.17) is 5.11 Å². The van der Waals surface area contributed by atoms with Crippen LogP contribution in [0.25, 0.3) is 0 Å². The smallest absolute Gasteiger partial charge is 0.0639 e. The minimum absolute atomic E-state index is 0.167. The maximum atomic E-state index is 8.06. The summed E-state index contributed by atoms with van der Waals surface area (Å²) >= 11 is 0. The molecule has 0 amide bonds. The predicted octanol–water partition coefficient (Wildman–Crippen LogP) is 3.40. The summed E-state index contributed by atoms with van der Waals surface area (Å²) in [6.45, 7) is 6.25. The molecule has 106 valence electrons. The molecule has 0 radical (unpaired) electrons. The van der Waals surface area contributed by atoms with Crippen LogP contribution in [0, 0.1) is 6.92 Å². The van der Waals surface area contributed by atoms with E-state index in [1.165, 1.54) is 11.1 Å². The summed E-state index contributed by atoms with van der Waals surface area (Å²) in [5.74, 6) is 0. The van der Waals surface area contributed by atoms with Gasteiger partial charge in [-0.1, -0.05) is 35.9 Å². The summed E-state index contributed by atoms with van der Waals surface area (Å²) in [7, 11) is 0. The summed E-state index contributed by atoms with van der Waals surface area (Å²) in [5.41, 5.74) is 3.54. The van der Waals surface area contributed by atoms with E-state index in [0.717, 1.165) is 12.1 Å². The SMILES string of the molecule is CC(C)O.Cc1ccc(CN=Cc2cccnc2)cc1. The lowest BCUT2D eigenvalue weighted by atomic mass is 10.1. The van der Waals surface area contributed by atoms with Gasteiger partial charge in [-0.15, -0.1) is 0 Å². The molecule has 3 heteroatoms. The molecule has 0 saturated heterocycles. The summed E-state index contributed by atoms with van der Waals surface area (Å²) in [5, 5.41) is 8.06. The fraction of sp³-hybridized carbons (Fsp3) is 0.294. The number of pyridine rings is 1. The minimum atomic E-state index is -0.167. The number of hydrogen-bond donors (Lipinski definition) is 1. The fourth-order valence-electron chi connectivity index (χ4n) is 1.40. The zero-order valence-corrected chi connectivity index (χ0v) is 12.3. The van der Waals surface area contributed by atoms with E-state index in [9.17, 15) is 0 Å². The van der Waals surface area contributed by atoms with Gasteiger partial charge in [-0.25, -0.2) is 0 Å². The van der Waals surface area contributed by atoms with Crippen LogP contribution >= 0.6 is 0 Å². The van der Waals surface area contributed by atoms with Crippen molar-refractivity contribution in [1.29, 1.82) is 0 Å². The monoisotopic (exact) mass is 270 g/mol.